The number of esters is 1. The molecule has 2 saturated carbocycles. The highest BCUT2D eigenvalue weighted by Gasteiger charge is 2.87. The molecule has 1 aromatic rings. The second kappa shape index (κ2) is 13.4. The summed E-state index contributed by atoms with van der Waals surface area (Å²) < 4.78 is 11.2. The fraction of sp³-hybridized carbons (Fsp3) is 0.483. The number of carbonyl (C=O) groups is 4. The number of hydrogen-bond acceptors (Lipinski definition) is 7. The number of rotatable bonds is 16. The maximum Gasteiger partial charge on any atom is 0.336 e. The molecule has 0 radical (unpaired) electrons. The Kier molecular flexibility index (Phi) is 10.5. The van der Waals surface area contributed by atoms with Gasteiger partial charge in [0.25, 0.3) is 0 Å². The third kappa shape index (κ3) is 7.29. The molecule has 0 aromatic heterocycles. The molecule has 3 amide bonds. The molecule has 1 aromatic carbocycles. The Morgan fingerprint density at radius 2 is 1.88 bits per heavy atom. The van der Waals surface area contributed by atoms with Crippen LogP contribution < -0.4 is 21.1 Å². The summed E-state index contributed by atoms with van der Waals surface area (Å²) in [4.78, 5) is 53.8. The van der Waals surface area contributed by atoms with Gasteiger partial charge in [-0.1, -0.05) is 61.6 Å². The van der Waals surface area contributed by atoms with Crippen LogP contribution in [0.5, 0.6) is 5.75 Å². The highest BCUT2D eigenvalue weighted by Crippen LogP contribution is 2.78. The summed E-state index contributed by atoms with van der Waals surface area (Å²) in [6.45, 7) is 8.71. The van der Waals surface area contributed by atoms with Crippen molar-refractivity contribution in [3.63, 3.8) is 0 Å². The lowest BCUT2D eigenvalue weighted by molar-refractivity contribution is -0.145. The van der Waals surface area contributed by atoms with Gasteiger partial charge in [-0.3, -0.25) is 19.4 Å². The number of nitrogens with zero attached hydrogens (tertiary/aromatic N) is 1. The fourth-order valence-corrected chi connectivity index (χ4v) is 5.28. The van der Waals surface area contributed by atoms with Gasteiger partial charge in [0, 0.05) is 22.4 Å². The molecule has 11 heteroatoms. The van der Waals surface area contributed by atoms with Crippen LogP contribution in [0.15, 0.2) is 53.7 Å². The third-order valence-corrected chi connectivity index (χ3v) is 8.78. The standard InChI is InChI=1S/C29H37IN4O6/c1-5-18(3)23(25(36)34-29-15-28(29,16-29)27(31)38)33-24(35)21(14-30)13-20-7-9-22(10-8-20)39-17-40-26(37)19(4)11-12-32-6-2/h6-12,18,21,23H,2,5,13-17H2,1,3-4H3,(H2,31,38)(H,33,35)(H,34,36)/b19-11+,32-12?. The van der Waals surface area contributed by atoms with Crippen molar-refractivity contribution >= 4 is 52.5 Å². The zero-order chi connectivity index (χ0) is 29.5. The average Bonchev–Trinajstić information content (AvgIpc) is 3.77. The first kappa shape index (κ1) is 31.3. The van der Waals surface area contributed by atoms with E-state index in [1.807, 2.05) is 26.0 Å². The summed E-state index contributed by atoms with van der Waals surface area (Å²) in [6, 6.07) is 6.49. The summed E-state index contributed by atoms with van der Waals surface area (Å²) in [7, 11) is 0. The number of amides is 3. The largest absolute Gasteiger partial charge is 0.457 e. The van der Waals surface area contributed by atoms with Gasteiger partial charge in [0.15, 0.2) is 0 Å². The van der Waals surface area contributed by atoms with Crippen LogP contribution in [-0.2, 0) is 30.3 Å². The lowest BCUT2D eigenvalue weighted by Crippen LogP contribution is -2.53. The number of benzene rings is 1. The second-order valence-corrected chi connectivity index (χ2v) is 11.3. The maximum atomic E-state index is 13.2. The van der Waals surface area contributed by atoms with E-state index < -0.39 is 23.0 Å². The molecule has 216 valence electrons. The molecular weight excluding hydrogens is 627 g/mol. The number of primary amides is 1. The highest BCUT2D eigenvalue weighted by atomic mass is 127. The Morgan fingerprint density at radius 1 is 1.20 bits per heavy atom. The molecule has 3 rings (SSSR count). The van der Waals surface area contributed by atoms with Crippen LogP contribution in [-0.4, -0.2) is 52.7 Å². The van der Waals surface area contributed by atoms with E-state index in [1.165, 1.54) is 18.5 Å². The van der Waals surface area contributed by atoms with E-state index in [4.69, 9.17) is 15.2 Å². The van der Waals surface area contributed by atoms with E-state index in [0.29, 0.717) is 41.4 Å². The second-order valence-electron chi connectivity index (χ2n) is 10.5. The van der Waals surface area contributed by atoms with Gasteiger partial charge >= 0.3 is 5.97 Å². The molecule has 0 bridgehead atoms. The predicted molar refractivity (Wildman–Crippen MR) is 160 cm³/mol. The first-order valence-corrected chi connectivity index (χ1v) is 14.7. The van der Waals surface area contributed by atoms with Gasteiger partial charge in [-0.15, -0.1) is 0 Å². The summed E-state index contributed by atoms with van der Waals surface area (Å²) in [6.07, 6.45) is 6.65. The fourth-order valence-electron chi connectivity index (χ4n) is 4.57. The van der Waals surface area contributed by atoms with Crippen molar-refractivity contribution in [2.75, 3.05) is 11.2 Å². The number of nitrogens with one attached hydrogen (secondary N) is 2. The Bertz CT molecular complexity index is 1190. The van der Waals surface area contributed by atoms with Crippen molar-refractivity contribution in [1.82, 2.24) is 10.6 Å². The van der Waals surface area contributed by atoms with Crippen LogP contribution >= 0.6 is 22.6 Å². The summed E-state index contributed by atoms with van der Waals surface area (Å²) >= 11 is 2.17. The Labute approximate surface area is 248 Å². The van der Waals surface area contributed by atoms with Crippen molar-refractivity contribution in [3.8, 4) is 5.75 Å². The predicted octanol–water partition coefficient (Wildman–Crippen LogP) is 2.99. The highest BCUT2D eigenvalue weighted by molar-refractivity contribution is 14.1. The molecule has 40 heavy (non-hydrogen) atoms. The minimum Gasteiger partial charge on any atom is -0.457 e. The summed E-state index contributed by atoms with van der Waals surface area (Å²) in [5.41, 5.74) is 5.67. The lowest BCUT2D eigenvalue weighted by Gasteiger charge is -2.26. The van der Waals surface area contributed by atoms with Gasteiger partial charge in [0.1, 0.15) is 11.8 Å². The van der Waals surface area contributed by atoms with E-state index >= 15 is 0 Å². The molecule has 2 aliphatic carbocycles. The van der Waals surface area contributed by atoms with E-state index in [0.717, 1.165) is 5.56 Å². The van der Waals surface area contributed by atoms with E-state index in [9.17, 15) is 19.2 Å². The van der Waals surface area contributed by atoms with Gasteiger partial charge in [-0.2, -0.15) is 0 Å². The lowest BCUT2D eigenvalue weighted by atomic mass is 9.95. The Morgan fingerprint density at radius 3 is 2.42 bits per heavy atom. The van der Waals surface area contributed by atoms with E-state index in [1.54, 1.807) is 19.1 Å². The van der Waals surface area contributed by atoms with Gasteiger partial charge in [0.2, 0.25) is 24.5 Å². The molecule has 2 aliphatic rings. The van der Waals surface area contributed by atoms with Crippen molar-refractivity contribution in [2.45, 2.75) is 58.0 Å². The zero-order valence-corrected chi connectivity index (χ0v) is 25.2. The molecule has 10 nitrogen and oxygen atoms in total. The van der Waals surface area contributed by atoms with Crippen LogP contribution in [0.25, 0.3) is 0 Å². The minimum atomic E-state index is -0.699. The van der Waals surface area contributed by atoms with Gasteiger partial charge in [0.05, 0.1) is 16.9 Å². The molecule has 2 fully saturated rings. The zero-order valence-electron chi connectivity index (χ0n) is 23.1. The number of allylic oxidation sites excluding steroid dienone is 1. The smallest absolute Gasteiger partial charge is 0.336 e. The van der Waals surface area contributed by atoms with Gasteiger partial charge in [-0.05, 0) is 55.9 Å². The van der Waals surface area contributed by atoms with Crippen LogP contribution in [0.1, 0.15) is 45.6 Å². The molecule has 0 spiro atoms. The van der Waals surface area contributed by atoms with Crippen molar-refractivity contribution < 1.29 is 28.7 Å². The molecular formula is C29H37IN4O6. The monoisotopic (exact) mass is 664 g/mol. The number of halogens is 1. The molecule has 3 unspecified atom stereocenters. The average molecular weight is 665 g/mol. The first-order valence-electron chi connectivity index (χ1n) is 13.2. The van der Waals surface area contributed by atoms with Gasteiger partial charge in [-0.25, -0.2) is 4.79 Å². The number of alkyl halides is 1. The van der Waals surface area contributed by atoms with Crippen LogP contribution in [0.3, 0.4) is 0 Å². The van der Waals surface area contributed by atoms with E-state index in [-0.39, 0.29) is 36.4 Å². The number of hydrogen-bond donors (Lipinski definition) is 3. The van der Waals surface area contributed by atoms with Gasteiger partial charge < -0.3 is 25.8 Å². The Hall–Kier alpha value is -3.22. The van der Waals surface area contributed by atoms with E-state index in [2.05, 4.69) is 44.8 Å². The van der Waals surface area contributed by atoms with Crippen LogP contribution in [0, 0.1) is 17.3 Å². The molecule has 0 saturated heterocycles. The molecule has 0 aliphatic heterocycles. The minimum absolute atomic E-state index is 0.0826. The SMILES string of the molecule is C=CN=C/C=C(\C)C(=O)OCOc1ccc(CC(CI)C(=O)NC(C(=O)NC23CC2(C(N)=O)C3)C(C)CC)cc1. The van der Waals surface area contributed by atoms with Crippen molar-refractivity contribution in [3.05, 3.63) is 54.3 Å². The molecule has 3 atom stereocenters. The summed E-state index contributed by atoms with van der Waals surface area (Å²) in [5, 5.41) is 5.95. The van der Waals surface area contributed by atoms with Crippen molar-refractivity contribution in [1.29, 1.82) is 0 Å². The van der Waals surface area contributed by atoms with Crippen molar-refractivity contribution in [2.24, 2.45) is 28.0 Å². The number of ether oxygens (including phenoxy) is 2. The Balaban J connectivity index is 1.51. The number of fused-ring (bicyclic) bond motifs is 1. The molecule has 0 heterocycles. The summed E-state index contributed by atoms with van der Waals surface area (Å²) in [5.74, 6) is -1.29. The quantitative estimate of drug-likeness (QED) is 0.0618. The first-order chi connectivity index (χ1) is 19.0. The van der Waals surface area contributed by atoms with Crippen LogP contribution in [0.2, 0.25) is 0 Å². The van der Waals surface area contributed by atoms with Crippen LogP contribution in [0.4, 0.5) is 0 Å². The maximum absolute atomic E-state index is 13.2. The number of aliphatic imine (C=N–C) groups is 1. The topological polar surface area (TPSA) is 149 Å². The number of carbonyl (C=O) groups excluding carboxylic acids is 4. The third-order valence-electron chi connectivity index (χ3n) is 7.72. The normalized spacial score (nSPS) is 23.2. The molecule has 4 N–H and O–H groups in total. The number of nitrogens with two attached hydrogens (primary N) is 1.